The van der Waals surface area contributed by atoms with Gasteiger partial charge in [-0.25, -0.2) is 4.79 Å². The number of carbonyl (C=O) groups excluding carboxylic acids is 2. The molecule has 3 N–H and O–H groups in total. The van der Waals surface area contributed by atoms with Crippen molar-refractivity contribution in [2.45, 2.75) is 57.5 Å². The summed E-state index contributed by atoms with van der Waals surface area (Å²) in [6.07, 6.45) is 7.73. The van der Waals surface area contributed by atoms with Crippen LogP contribution in [-0.2, 0) is 4.79 Å². The van der Waals surface area contributed by atoms with E-state index in [1.54, 1.807) is 19.4 Å². The maximum absolute atomic E-state index is 13.0. The Morgan fingerprint density at radius 2 is 1.86 bits per heavy atom. The molecule has 0 saturated heterocycles. The normalized spacial score (nSPS) is 16.5. The van der Waals surface area contributed by atoms with Crippen LogP contribution in [0.1, 0.15) is 60.4 Å². The highest BCUT2D eigenvalue weighted by molar-refractivity contribution is 5.91. The first-order valence-electron chi connectivity index (χ1n) is 10.2. The molecular formula is C23H30N4O2. The number of carbonyl (C=O) groups is 2. The zero-order chi connectivity index (χ0) is 20.9. The molecule has 6 nitrogen and oxygen atoms in total. The molecule has 1 aromatic carbocycles. The number of nitrogens with zero attached hydrogens (tertiary/aromatic N) is 1. The SMILES string of the molecule is CNC(=O)C1(NC(=O)NC(c2cccnc2)c2ccc(C)cc2C)CCCCC1. The van der Waals surface area contributed by atoms with Gasteiger partial charge in [-0.3, -0.25) is 9.78 Å². The maximum Gasteiger partial charge on any atom is 0.316 e. The lowest BCUT2D eigenvalue weighted by atomic mass is 9.81. The van der Waals surface area contributed by atoms with Gasteiger partial charge < -0.3 is 16.0 Å². The molecule has 1 atom stereocenters. The maximum atomic E-state index is 13.0. The number of likely N-dealkylation sites (N-methyl/N-ethyl adjacent to an activating group) is 1. The summed E-state index contributed by atoms with van der Waals surface area (Å²) in [6, 6.07) is 9.30. The topological polar surface area (TPSA) is 83.1 Å². The molecule has 2 aromatic rings. The fraction of sp³-hybridized carbons (Fsp3) is 0.435. The van der Waals surface area contributed by atoms with Crippen molar-refractivity contribution in [3.8, 4) is 0 Å². The Morgan fingerprint density at radius 3 is 2.48 bits per heavy atom. The van der Waals surface area contributed by atoms with Crippen LogP contribution in [0.25, 0.3) is 0 Å². The third kappa shape index (κ3) is 4.75. The Morgan fingerprint density at radius 1 is 1.10 bits per heavy atom. The second-order valence-electron chi connectivity index (χ2n) is 7.90. The number of nitrogens with one attached hydrogen (secondary N) is 3. The van der Waals surface area contributed by atoms with Crippen LogP contribution in [0.5, 0.6) is 0 Å². The molecule has 1 saturated carbocycles. The van der Waals surface area contributed by atoms with E-state index in [4.69, 9.17) is 0 Å². The number of hydrogen-bond acceptors (Lipinski definition) is 3. The van der Waals surface area contributed by atoms with Gasteiger partial charge in [-0.15, -0.1) is 0 Å². The molecule has 3 rings (SSSR count). The fourth-order valence-electron chi connectivity index (χ4n) is 4.22. The molecular weight excluding hydrogens is 364 g/mol. The number of rotatable bonds is 5. The zero-order valence-electron chi connectivity index (χ0n) is 17.4. The molecule has 1 heterocycles. The summed E-state index contributed by atoms with van der Waals surface area (Å²) >= 11 is 0. The Labute approximate surface area is 172 Å². The van der Waals surface area contributed by atoms with Crippen molar-refractivity contribution < 1.29 is 9.59 Å². The van der Waals surface area contributed by atoms with Gasteiger partial charge in [-0.05, 0) is 49.4 Å². The van der Waals surface area contributed by atoms with Crippen molar-refractivity contribution in [1.82, 2.24) is 20.9 Å². The molecule has 1 aliphatic rings. The largest absolute Gasteiger partial charge is 0.357 e. The second kappa shape index (κ2) is 9.07. The molecule has 1 aliphatic carbocycles. The lowest BCUT2D eigenvalue weighted by Gasteiger charge is -2.36. The van der Waals surface area contributed by atoms with Gasteiger partial charge in [0.1, 0.15) is 5.54 Å². The average Bonchev–Trinajstić information content (AvgIpc) is 2.73. The van der Waals surface area contributed by atoms with Crippen molar-refractivity contribution in [2.24, 2.45) is 0 Å². The fourth-order valence-corrected chi connectivity index (χ4v) is 4.22. The molecule has 0 radical (unpaired) electrons. The molecule has 0 bridgehead atoms. The van der Waals surface area contributed by atoms with Crippen molar-refractivity contribution >= 4 is 11.9 Å². The lowest BCUT2D eigenvalue weighted by Crippen LogP contribution is -2.61. The molecule has 1 fully saturated rings. The van der Waals surface area contributed by atoms with Gasteiger partial charge in [0.15, 0.2) is 0 Å². The highest BCUT2D eigenvalue weighted by atomic mass is 16.2. The minimum Gasteiger partial charge on any atom is -0.357 e. The quantitative estimate of drug-likeness (QED) is 0.725. The summed E-state index contributed by atoms with van der Waals surface area (Å²) in [5.41, 5.74) is 3.32. The predicted molar refractivity (Wildman–Crippen MR) is 114 cm³/mol. The van der Waals surface area contributed by atoms with E-state index in [2.05, 4.69) is 27.0 Å². The number of benzene rings is 1. The summed E-state index contributed by atoms with van der Waals surface area (Å²) in [6.45, 7) is 4.09. The molecule has 6 heteroatoms. The van der Waals surface area contributed by atoms with Crippen molar-refractivity contribution in [3.05, 3.63) is 65.0 Å². The van der Waals surface area contributed by atoms with Gasteiger partial charge in [0.25, 0.3) is 0 Å². The van der Waals surface area contributed by atoms with Gasteiger partial charge in [0.2, 0.25) is 5.91 Å². The van der Waals surface area contributed by atoms with Crippen molar-refractivity contribution in [1.29, 1.82) is 0 Å². The van der Waals surface area contributed by atoms with E-state index < -0.39 is 5.54 Å². The summed E-state index contributed by atoms with van der Waals surface area (Å²) in [5, 5.41) is 8.81. The number of urea groups is 1. The first kappa shape index (κ1) is 20.8. The highest BCUT2D eigenvalue weighted by Gasteiger charge is 2.40. The summed E-state index contributed by atoms with van der Waals surface area (Å²) < 4.78 is 0. The van der Waals surface area contributed by atoms with Crippen molar-refractivity contribution in [3.63, 3.8) is 0 Å². The van der Waals surface area contributed by atoms with E-state index in [1.165, 1.54) is 5.56 Å². The summed E-state index contributed by atoms with van der Waals surface area (Å²) in [4.78, 5) is 29.8. The molecule has 0 aliphatic heterocycles. The molecule has 154 valence electrons. The van der Waals surface area contributed by atoms with Crippen LogP contribution in [0.3, 0.4) is 0 Å². The Hall–Kier alpha value is -2.89. The van der Waals surface area contributed by atoms with Crippen LogP contribution in [-0.4, -0.2) is 29.5 Å². The van der Waals surface area contributed by atoms with Crippen LogP contribution < -0.4 is 16.0 Å². The van der Waals surface area contributed by atoms with Crippen LogP contribution in [0.4, 0.5) is 4.79 Å². The Balaban J connectivity index is 1.87. The molecule has 1 aromatic heterocycles. The first-order chi connectivity index (χ1) is 13.9. The van der Waals surface area contributed by atoms with Gasteiger partial charge in [0, 0.05) is 19.4 Å². The van der Waals surface area contributed by atoms with Gasteiger partial charge in [0.05, 0.1) is 6.04 Å². The van der Waals surface area contributed by atoms with Gasteiger partial charge in [-0.2, -0.15) is 0 Å². The third-order valence-electron chi connectivity index (χ3n) is 5.75. The van der Waals surface area contributed by atoms with E-state index in [0.717, 1.165) is 36.0 Å². The van der Waals surface area contributed by atoms with Crippen LogP contribution in [0, 0.1) is 13.8 Å². The minimum atomic E-state index is -0.848. The van der Waals surface area contributed by atoms with E-state index >= 15 is 0 Å². The Bertz CT molecular complexity index is 860. The standard InChI is InChI=1S/C23H30N4O2/c1-16-9-10-19(17(2)14-16)20(18-8-7-13-25-15-18)26-22(29)27-23(21(28)24-3)11-5-4-6-12-23/h7-10,13-15,20H,4-6,11-12H2,1-3H3,(H,24,28)(H2,26,27,29). The average molecular weight is 395 g/mol. The van der Waals surface area contributed by atoms with Gasteiger partial charge in [-0.1, -0.05) is 49.1 Å². The van der Waals surface area contributed by atoms with E-state index in [0.29, 0.717) is 12.8 Å². The summed E-state index contributed by atoms with van der Waals surface area (Å²) in [5.74, 6) is -0.128. The van der Waals surface area contributed by atoms with Crippen LogP contribution in [0.15, 0.2) is 42.7 Å². The minimum absolute atomic E-state index is 0.128. The molecule has 0 spiro atoms. The van der Waals surface area contributed by atoms with E-state index in [1.807, 2.05) is 38.1 Å². The third-order valence-corrected chi connectivity index (χ3v) is 5.75. The summed E-state index contributed by atoms with van der Waals surface area (Å²) in [7, 11) is 1.62. The lowest BCUT2D eigenvalue weighted by molar-refractivity contribution is -0.128. The smallest absolute Gasteiger partial charge is 0.316 e. The number of pyridine rings is 1. The van der Waals surface area contributed by atoms with Crippen molar-refractivity contribution in [2.75, 3.05) is 7.05 Å². The molecule has 1 unspecified atom stereocenters. The first-order valence-corrected chi connectivity index (χ1v) is 10.2. The highest BCUT2D eigenvalue weighted by Crippen LogP contribution is 2.29. The van der Waals surface area contributed by atoms with Crippen LogP contribution >= 0.6 is 0 Å². The number of aromatic nitrogens is 1. The second-order valence-corrected chi connectivity index (χ2v) is 7.90. The van der Waals surface area contributed by atoms with Crippen LogP contribution in [0.2, 0.25) is 0 Å². The number of amides is 3. The van der Waals surface area contributed by atoms with E-state index in [9.17, 15) is 9.59 Å². The molecule has 3 amide bonds. The zero-order valence-corrected chi connectivity index (χ0v) is 17.4. The molecule has 29 heavy (non-hydrogen) atoms. The number of aryl methyl sites for hydroxylation is 2. The predicted octanol–water partition coefficient (Wildman–Crippen LogP) is 3.54. The number of hydrogen-bond donors (Lipinski definition) is 3. The monoisotopic (exact) mass is 394 g/mol. The van der Waals surface area contributed by atoms with Gasteiger partial charge >= 0.3 is 6.03 Å². The Kier molecular flexibility index (Phi) is 6.52. The van der Waals surface area contributed by atoms with E-state index in [-0.39, 0.29) is 18.0 Å².